The van der Waals surface area contributed by atoms with Crippen molar-refractivity contribution in [3.63, 3.8) is 0 Å². The summed E-state index contributed by atoms with van der Waals surface area (Å²) in [6, 6.07) is 11.0. The predicted octanol–water partition coefficient (Wildman–Crippen LogP) is 4.14. The molecule has 0 aliphatic rings. The Kier molecular flexibility index (Phi) is 5.87. The summed E-state index contributed by atoms with van der Waals surface area (Å²) < 4.78 is 19.2. The minimum absolute atomic E-state index is 0.0505. The molecule has 0 heterocycles. The van der Waals surface area contributed by atoms with Crippen molar-refractivity contribution in [2.45, 2.75) is 20.0 Å². The van der Waals surface area contributed by atoms with Crippen LogP contribution in [0.15, 0.2) is 52.0 Å². The van der Waals surface area contributed by atoms with E-state index in [-0.39, 0.29) is 17.8 Å². The van der Waals surface area contributed by atoms with Crippen molar-refractivity contribution in [3.8, 4) is 5.75 Å². The van der Waals surface area contributed by atoms with E-state index in [1.807, 2.05) is 13.8 Å². The topological polar surface area (TPSA) is 50.7 Å². The smallest absolute Gasteiger partial charge is 0.275 e. The summed E-state index contributed by atoms with van der Waals surface area (Å²) in [5.74, 6) is -0.228. The molecule has 0 spiro atoms. The summed E-state index contributed by atoms with van der Waals surface area (Å²) in [6.45, 7) is 3.77. The first-order chi connectivity index (χ1) is 11.0. The molecular formula is C17H16BrFN2O2. The number of hydrogen-bond donors (Lipinski definition) is 1. The number of hydrazone groups is 1. The van der Waals surface area contributed by atoms with Gasteiger partial charge < -0.3 is 4.74 Å². The molecule has 6 heteroatoms. The van der Waals surface area contributed by atoms with Gasteiger partial charge in [-0.25, -0.2) is 9.82 Å². The molecule has 2 aromatic rings. The van der Waals surface area contributed by atoms with E-state index in [9.17, 15) is 9.18 Å². The van der Waals surface area contributed by atoms with E-state index in [1.165, 1.54) is 18.3 Å². The molecule has 0 radical (unpaired) electrons. The van der Waals surface area contributed by atoms with Crippen LogP contribution in [0, 0.1) is 5.82 Å². The number of carbonyl (C=O) groups excluding carboxylic acids is 1. The zero-order valence-corrected chi connectivity index (χ0v) is 14.3. The minimum Gasteiger partial charge on any atom is -0.490 e. The van der Waals surface area contributed by atoms with Crippen LogP contribution < -0.4 is 10.2 Å². The third kappa shape index (κ3) is 5.17. The molecule has 0 aromatic heterocycles. The zero-order chi connectivity index (χ0) is 16.8. The van der Waals surface area contributed by atoms with Crippen LogP contribution >= 0.6 is 15.9 Å². The van der Waals surface area contributed by atoms with E-state index >= 15 is 0 Å². The lowest BCUT2D eigenvalue weighted by molar-refractivity contribution is 0.0949. The molecule has 1 amide bonds. The first-order valence-electron chi connectivity index (χ1n) is 7.01. The van der Waals surface area contributed by atoms with Crippen molar-refractivity contribution in [2.24, 2.45) is 5.10 Å². The van der Waals surface area contributed by atoms with Gasteiger partial charge >= 0.3 is 0 Å². The number of benzene rings is 2. The largest absolute Gasteiger partial charge is 0.490 e. The minimum atomic E-state index is -0.389. The molecule has 4 nitrogen and oxygen atoms in total. The highest BCUT2D eigenvalue weighted by Gasteiger charge is 2.13. The van der Waals surface area contributed by atoms with Gasteiger partial charge in [-0.05, 0) is 49.7 Å². The van der Waals surface area contributed by atoms with Crippen LogP contribution in [-0.4, -0.2) is 18.2 Å². The third-order valence-corrected chi connectivity index (χ3v) is 3.29. The highest BCUT2D eigenvalue weighted by molar-refractivity contribution is 9.10. The maximum Gasteiger partial charge on any atom is 0.275 e. The van der Waals surface area contributed by atoms with Crippen LogP contribution in [0.5, 0.6) is 5.75 Å². The quantitative estimate of drug-likeness (QED) is 0.627. The van der Waals surface area contributed by atoms with Gasteiger partial charge in [0.1, 0.15) is 11.6 Å². The van der Waals surface area contributed by atoms with Crippen molar-refractivity contribution in [3.05, 3.63) is 63.9 Å². The highest BCUT2D eigenvalue weighted by Crippen LogP contribution is 2.24. The lowest BCUT2D eigenvalue weighted by atomic mass is 10.2. The standard InChI is InChI=1S/C17H16BrFN2O2/c1-11(2)23-16-8-5-13(18)9-15(16)17(22)21-20-10-12-3-6-14(19)7-4-12/h3-11H,1-2H3,(H,21,22)/b20-10-. The van der Waals surface area contributed by atoms with Crippen molar-refractivity contribution >= 4 is 28.1 Å². The van der Waals surface area contributed by atoms with Crippen molar-refractivity contribution in [1.82, 2.24) is 5.43 Å². The fraction of sp³-hybridized carbons (Fsp3) is 0.176. The Labute approximate surface area is 142 Å². The van der Waals surface area contributed by atoms with E-state index in [4.69, 9.17) is 4.74 Å². The lowest BCUT2D eigenvalue weighted by Gasteiger charge is -2.13. The number of amides is 1. The Hall–Kier alpha value is -2.21. The fourth-order valence-corrected chi connectivity index (χ4v) is 2.17. The molecule has 23 heavy (non-hydrogen) atoms. The Morgan fingerprint density at radius 3 is 2.61 bits per heavy atom. The molecule has 120 valence electrons. The van der Waals surface area contributed by atoms with E-state index < -0.39 is 0 Å². The number of carbonyl (C=O) groups is 1. The van der Waals surface area contributed by atoms with Crippen molar-refractivity contribution in [1.29, 1.82) is 0 Å². The van der Waals surface area contributed by atoms with Gasteiger partial charge in [-0.3, -0.25) is 4.79 Å². The van der Waals surface area contributed by atoms with Crippen LogP contribution in [0.4, 0.5) is 4.39 Å². The summed E-state index contributed by atoms with van der Waals surface area (Å²) in [4.78, 5) is 12.3. The van der Waals surface area contributed by atoms with Gasteiger partial charge in [0.05, 0.1) is 17.9 Å². The summed E-state index contributed by atoms with van der Waals surface area (Å²) >= 11 is 3.33. The second-order valence-electron chi connectivity index (χ2n) is 5.06. The average molecular weight is 379 g/mol. The fourth-order valence-electron chi connectivity index (χ4n) is 1.81. The Bertz CT molecular complexity index is 715. The monoisotopic (exact) mass is 378 g/mol. The van der Waals surface area contributed by atoms with Gasteiger partial charge in [-0.15, -0.1) is 0 Å². The number of ether oxygens (including phenoxy) is 1. The number of rotatable bonds is 5. The number of hydrogen-bond acceptors (Lipinski definition) is 3. The molecule has 0 unspecified atom stereocenters. The van der Waals surface area contributed by atoms with Crippen LogP contribution in [0.1, 0.15) is 29.8 Å². The van der Waals surface area contributed by atoms with Gasteiger partial charge in [0, 0.05) is 4.47 Å². The van der Waals surface area contributed by atoms with Gasteiger partial charge in [0.2, 0.25) is 0 Å². The van der Waals surface area contributed by atoms with E-state index in [0.29, 0.717) is 16.9 Å². The van der Waals surface area contributed by atoms with E-state index in [1.54, 1.807) is 30.3 Å². The molecule has 0 fully saturated rings. The summed E-state index contributed by atoms with van der Waals surface area (Å²) in [5.41, 5.74) is 3.50. The second-order valence-corrected chi connectivity index (χ2v) is 5.97. The normalized spacial score (nSPS) is 11.0. The molecule has 0 aliphatic carbocycles. The number of nitrogens with one attached hydrogen (secondary N) is 1. The zero-order valence-electron chi connectivity index (χ0n) is 12.7. The van der Waals surface area contributed by atoms with Crippen LogP contribution in [0.2, 0.25) is 0 Å². The van der Waals surface area contributed by atoms with Crippen molar-refractivity contribution < 1.29 is 13.9 Å². The molecule has 0 atom stereocenters. The molecule has 2 rings (SSSR count). The molecule has 0 saturated carbocycles. The third-order valence-electron chi connectivity index (χ3n) is 2.80. The number of halogens is 2. The van der Waals surface area contributed by atoms with Gasteiger partial charge in [0.25, 0.3) is 5.91 Å². The first-order valence-corrected chi connectivity index (χ1v) is 7.80. The molecule has 1 N–H and O–H groups in total. The second kappa shape index (κ2) is 7.87. The SMILES string of the molecule is CC(C)Oc1ccc(Br)cc1C(=O)N/N=C\c1ccc(F)cc1. The van der Waals surface area contributed by atoms with E-state index in [0.717, 1.165) is 4.47 Å². The van der Waals surface area contributed by atoms with Crippen LogP contribution in [0.3, 0.4) is 0 Å². The molecule has 0 bridgehead atoms. The summed E-state index contributed by atoms with van der Waals surface area (Å²) in [7, 11) is 0. The first kappa shape index (κ1) is 17.1. The Morgan fingerprint density at radius 2 is 1.96 bits per heavy atom. The Balaban J connectivity index is 2.10. The van der Waals surface area contributed by atoms with Gasteiger partial charge in [0.15, 0.2) is 0 Å². The van der Waals surface area contributed by atoms with Crippen LogP contribution in [-0.2, 0) is 0 Å². The van der Waals surface area contributed by atoms with E-state index in [2.05, 4.69) is 26.5 Å². The van der Waals surface area contributed by atoms with Gasteiger partial charge in [-0.2, -0.15) is 5.10 Å². The molecule has 0 saturated heterocycles. The number of nitrogens with zero attached hydrogens (tertiary/aromatic N) is 1. The summed E-state index contributed by atoms with van der Waals surface area (Å²) in [5, 5.41) is 3.88. The Morgan fingerprint density at radius 1 is 1.26 bits per heavy atom. The predicted molar refractivity (Wildman–Crippen MR) is 91.4 cm³/mol. The highest BCUT2D eigenvalue weighted by atomic mass is 79.9. The van der Waals surface area contributed by atoms with Crippen LogP contribution in [0.25, 0.3) is 0 Å². The molecular weight excluding hydrogens is 363 g/mol. The summed E-state index contributed by atoms with van der Waals surface area (Å²) in [6.07, 6.45) is 1.39. The lowest BCUT2D eigenvalue weighted by Crippen LogP contribution is -2.20. The average Bonchev–Trinajstić information content (AvgIpc) is 2.50. The van der Waals surface area contributed by atoms with Gasteiger partial charge in [-0.1, -0.05) is 28.1 Å². The maximum atomic E-state index is 12.8. The molecule has 2 aromatic carbocycles. The molecule has 0 aliphatic heterocycles. The van der Waals surface area contributed by atoms with Crippen molar-refractivity contribution in [2.75, 3.05) is 0 Å². The maximum absolute atomic E-state index is 12.8.